The average molecular weight is 208 g/mol. The monoisotopic (exact) mass is 208 g/mol. The van der Waals surface area contributed by atoms with Crippen LogP contribution in [0.2, 0.25) is 0 Å². The first-order chi connectivity index (χ1) is 7.29. The van der Waals surface area contributed by atoms with Gasteiger partial charge < -0.3 is 14.6 Å². The highest BCUT2D eigenvalue weighted by Gasteiger charge is 2.33. The standard InChI is InChI=1S/C11H12O4/c12-11(13)9-6-14-7-15-10(9)8-4-2-1-3-5-8/h1-5,9-10H,6-7H2,(H,12,13). The van der Waals surface area contributed by atoms with Crippen molar-refractivity contribution in [1.29, 1.82) is 0 Å². The van der Waals surface area contributed by atoms with Crippen LogP contribution in [-0.2, 0) is 14.3 Å². The minimum atomic E-state index is -0.886. The SMILES string of the molecule is O=C(O)C1COCOC1c1ccccc1. The molecule has 1 N–H and O–H groups in total. The Morgan fingerprint density at radius 1 is 1.33 bits per heavy atom. The molecule has 0 bridgehead atoms. The number of carboxylic acids is 1. The van der Waals surface area contributed by atoms with Gasteiger partial charge in [0.2, 0.25) is 0 Å². The quantitative estimate of drug-likeness (QED) is 0.798. The molecule has 15 heavy (non-hydrogen) atoms. The molecular formula is C11H12O4. The number of rotatable bonds is 2. The molecule has 1 aromatic rings. The van der Waals surface area contributed by atoms with Gasteiger partial charge in [0.1, 0.15) is 18.8 Å². The summed E-state index contributed by atoms with van der Waals surface area (Å²) in [4.78, 5) is 11.0. The normalized spacial score (nSPS) is 26.1. The van der Waals surface area contributed by atoms with Crippen LogP contribution in [0.1, 0.15) is 11.7 Å². The molecule has 1 aliphatic heterocycles. The van der Waals surface area contributed by atoms with Crippen molar-refractivity contribution >= 4 is 5.97 Å². The summed E-state index contributed by atoms with van der Waals surface area (Å²) in [5, 5.41) is 9.01. The molecule has 1 heterocycles. The Bertz CT molecular complexity index is 336. The van der Waals surface area contributed by atoms with E-state index >= 15 is 0 Å². The molecular weight excluding hydrogens is 196 g/mol. The lowest BCUT2D eigenvalue weighted by Crippen LogP contribution is -2.33. The molecule has 2 rings (SSSR count). The molecule has 4 heteroatoms. The summed E-state index contributed by atoms with van der Waals surface area (Å²) >= 11 is 0. The van der Waals surface area contributed by atoms with E-state index in [-0.39, 0.29) is 13.4 Å². The Hall–Kier alpha value is -1.39. The Labute approximate surface area is 87.4 Å². The van der Waals surface area contributed by atoms with Gasteiger partial charge in [-0.1, -0.05) is 30.3 Å². The van der Waals surface area contributed by atoms with Crippen LogP contribution >= 0.6 is 0 Å². The van der Waals surface area contributed by atoms with E-state index in [0.29, 0.717) is 0 Å². The van der Waals surface area contributed by atoms with E-state index in [4.69, 9.17) is 14.6 Å². The number of hydrogen-bond donors (Lipinski definition) is 1. The van der Waals surface area contributed by atoms with E-state index in [9.17, 15) is 4.79 Å². The Kier molecular flexibility index (Phi) is 2.99. The van der Waals surface area contributed by atoms with Gasteiger partial charge in [0.25, 0.3) is 0 Å². The average Bonchev–Trinajstić information content (AvgIpc) is 2.30. The number of ether oxygens (including phenoxy) is 2. The molecule has 0 saturated carbocycles. The zero-order valence-electron chi connectivity index (χ0n) is 8.13. The lowest BCUT2D eigenvalue weighted by atomic mass is 9.96. The molecule has 1 aromatic carbocycles. The Morgan fingerprint density at radius 3 is 2.73 bits per heavy atom. The highest BCUT2D eigenvalue weighted by molar-refractivity contribution is 5.71. The van der Waals surface area contributed by atoms with Gasteiger partial charge in [0.05, 0.1) is 6.61 Å². The Balaban J connectivity index is 2.22. The van der Waals surface area contributed by atoms with E-state index in [0.717, 1.165) is 5.56 Å². The molecule has 1 saturated heterocycles. The number of aliphatic carboxylic acids is 1. The van der Waals surface area contributed by atoms with Crippen molar-refractivity contribution < 1.29 is 19.4 Å². The second-order valence-electron chi connectivity index (χ2n) is 3.43. The van der Waals surface area contributed by atoms with Gasteiger partial charge in [0, 0.05) is 0 Å². The number of carboxylic acid groups (broad SMARTS) is 1. The maximum absolute atomic E-state index is 11.0. The van der Waals surface area contributed by atoms with Gasteiger partial charge in [-0.25, -0.2) is 0 Å². The van der Waals surface area contributed by atoms with Crippen molar-refractivity contribution in [1.82, 2.24) is 0 Å². The summed E-state index contributed by atoms with van der Waals surface area (Å²) in [7, 11) is 0. The smallest absolute Gasteiger partial charge is 0.311 e. The van der Waals surface area contributed by atoms with Crippen LogP contribution in [0.25, 0.3) is 0 Å². The predicted molar refractivity (Wildman–Crippen MR) is 52.2 cm³/mol. The molecule has 1 aliphatic rings. The van der Waals surface area contributed by atoms with Crippen LogP contribution in [0.15, 0.2) is 30.3 Å². The minimum Gasteiger partial charge on any atom is -0.481 e. The van der Waals surface area contributed by atoms with Crippen molar-refractivity contribution in [3.63, 3.8) is 0 Å². The summed E-state index contributed by atoms with van der Waals surface area (Å²) < 4.78 is 10.3. The first kappa shape index (κ1) is 10.1. The molecule has 0 radical (unpaired) electrons. The summed E-state index contributed by atoms with van der Waals surface area (Å²) in [6.07, 6.45) is -0.405. The second kappa shape index (κ2) is 4.42. The van der Waals surface area contributed by atoms with E-state index < -0.39 is 18.0 Å². The van der Waals surface area contributed by atoms with Crippen molar-refractivity contribution in [3.05, 3.63) is 35.9 Å². The third-order valence-corrected chi connectivity index (χ3v) is 2.44. The summed E-state index contributed by atoms with van der Waals surface area (Å²) in [5.74, 6) is -1.51. The maximum Gasteiger partial charge on any atom is 0.311 e. The third-order valence-electron chi connectivity index (χ3n) is 2.44. The fourth-order valence-corrected chi connectivity index (χ4v) is 1.67. The Morgan fingerprint density at radius 2 is 2.07 bits per heavy atom. The van der Waals surface area contributed by atoms with Crippen LogP contribution < -0.4 is 0 Å². The van der Waals surface area contributed by atoms with Gasteiger partial charge in [-0.2, -0.15) is 0 Å². The van der Waals surface area contributed by atoms with Crippen LogP contribution in [0.5, 0.6) is 0 Å². The van der Waals surface area contributed by atoms with E-state index in [2.05, 4.69) is 0 Å². The molecule has 1 fully saturated rings. The topological polar surface area (TPSA) is 55.8 Å². The molecule has 0 aromatic heterocycles. The van der Waals surface area contributed by atoms with Crippen molar-refractivity contribution in [2.24, 2.45) is 5.92 Å². The zero-order chi connectivity index (χ0) is 10.7. The van der Waals surface area contributed by atoms with E-state index in [1.165, 1.54) is 0 Å². The largest absolute Gasteiger partial charge is 0.481 e. The summed E-state index contributed by atoms with van der Waals surface area (Å²) in [6.45, 7) is 0.359. The molecule has 80 valence electrons. The number of carbonyl (C=O) groups is 1. The lowest BCUT2D eigenvalue weighted by Gasteiger charge is -2.29. The molecule has 0 amide bonds. The maximum atomic E-state index is 11.0. The predicted octanol–water partition coefficient (Wildman–Crippen LogP) is 1.43. The zero-order valence-corrected chi connectivity index (χ0v) is 8.13. The van der Waals surface area contributed by atoms with Crippen LogP contribution in [-0.4, -0.2) is 24.5 Å². The second-order valence-corrected chi connectivity index (χ2v) is 3.43. The molecule has 2 atom stereocenters. The first-order valence-electron chi connectivity index (χ1n) is 4.76. The van der Waals surface area contributed by atoms with Gasteiger partial charge in [-0.05, 0) is 5.56 Å². The summed E-state index contributed by atoms with van der Waals surface area (Å²) in [5.41, 5.74) is 0.883. The van der Waals surface area contributed by atoms with Crippen LogP contribution in [0.3, 0.4) is 0 Å². The number of hydrogen-bond acceptors (Lipinski definition) is 3. The number of benzene rings is 1. The molecule has 2 unspecified atom stereocenters. The molecule has 4 nitrogen and oxygen atoms in total. The van der Waals surface area contributed by atoms with E-state index in [1.807, 2.05) is 30.3 Å². The summed E-state index contributed by atoms with van der Waals surface area (Å²) in [6, 6.07) is 9.36. The highest BCUT2D eigenvalue weighted by atomic mass is 16.7. The van der Waals surface area contributed by atoms with Crippen molar-refractivity contribution in [2.45, 2.75) is 6.10 Å². The molecule has 0 spiro atoms. The third kappa shape index (κ3) is 2.16. The van der Waals surface area contributed by atoms with Crippen molar-refractivity contribution in [2.75, 3.05) is 13.4 Å². The lowest BCUT2D eigenvalue weighted by molar-refractivity contribution is -0.190. The van der Waals surface area contributed by atoms with Crippen LogP contribution in [0.4, 0.5) is 0 Å². The highest BCUT2D eigenvalue weighted by Crippen LogP contribution is 2.29. The van der Waals surface area contributed by atoms with Crippen LogP contribution in [0, 0.1) is 5.92 Å². The van der Waals surface area contributed by atoms with Gasteiger partial charge in [0.15, 0.2) is 0 Å². The van der Waals surface area contributed by atoms with Gasteiger partial charge in [-0.15, -0.1) is 0 Å². The van der Waals surface area contributed by atoms with Gasteiger partial charge in [-0.3, -0.25) is 4.79 Å². The van der Waals surface area contributed by atoms with E-state index in [1.54, 1.807) is 0 Å². The van der Waals surface area contributed by atoms with Gasteiger partial charge >= 0.3 is 5.97 Å². The first-order valence-corrected chi connectivity index (χ1v) is 4.76. The fourth-order valence-electron chi connectivity index (χ4n) is 1.67. The fraction of sp³-hybridized carbons (Fsp3) is 0.364. The van der Waals surface area contributed by atoms with Crippen molar-refractivity contribution in [3.8, 4) is 0 Å². The molecule has 0 aliphatic carbocycles. The minimum absolute atomic E-state index is 0.156.